The van der Waals surface area contributed by atoms with Crippen LogP contribution in [0.15, 0.2) is 0 Å². The highest BCUT2D eigenvalue weighted by molar-refractivity contribution is 5.97. The van der Waals surface area contributed by atoms with E-state index in [1.807, 2.05) is 10.6 Å². The molecule has 0 heterocycles. The van der Waals surface area contributed by atoms with E-state index in [1.165, 1.54) is 0 Å². The molecule has 0 aromatic rings. The van der Waals surface area contributed by atoms with Crippen LogP contribution in [0.3, 0.4) is 0 Å². The number of nitrogens with two attached hydrogens (primary N) is 4. The second-order valence-electron chi connectivity index (χ2n) is 9.73. The van der Waals surface area contributed by atoms with Crippen LogP contribution < -0.4 is 54.8 Å². The minimum absolute atomic E-state index is 0.252. The number of hydrogen-bond acceptors (Lipinski definition) is 13. The first-order valence-electron chi connectivity index (χ1n) is 13.8. The molecular formula is C24H42N10O12. The molecule has 17 N–H and O–H groups in total. The van der Waals surface area contributed by atoms with E-state index in [0.29, 0.717) is 19.4 Å². The summed E-state index contributed by atoms with van der Waals surface area (Å²) in [7, 11) is 0. The van der Waals surface area contributed by atoms with E-state index in [4.69, 9.17) is 28.0 Å². The molecule has 0 aliphatic heterocycles. The third-order valence-electron chi connectivity index (χ3n) is 5.88. The van der Waals surface area contributed by atoms with E-state index in [-0.39, 0.29) is 6.42 Å². The van der Waals surface area contributed by atoms with Crippen LogP contribution in [0.1, 0.15) is 32.1 Å². The van der Waals surface area contributed by atoms with Gasteiger partial charge in [0.25, 0.3) is 0 Å². The summed E-state index contributed by atoms with van der Waals surface area (Å²) in [5.74, 6) is -9.73. The number of aliphatic carboxylic acids is 1. The Morgan fingerprint density at radius 3 is 1.57 bits per heavy atom. The van der Waals surface area contributed by atoms with Crippen molar-refractivity contribution in [1.29, 1.82) is 0 Å². The molecule has 0 bridgehead atoms. The monoisotopic (exact) mass is 662 g/mol. The minimum Gasteiger partial charge on any atom is -0.480 e. The summed E-state index contributed by atoms with van der Waals surface area (Å²) in [6.07, 6.45) is -0.0983. The molecule has 0 spiro atoms. The summed E-state index contributed by atoms with van der Waals surface area (Å²) in [6, 6.07) is -7.61. The Morgan fingerprint density at radius 2 is 1.07 bits per heavy atom. The van der Waals surface area contributed by atoms with Crippen LogP contribution in [0.5, 0.6) is 0 Å². The lowest BCUT2D eigenvalue weighted by Gasteiger charge is -2.22. The maximum absolute atomic E-state index is 12.6. The standard InChI is InChI=1S/C24H42N10O12/c25-4-2-1-3-11(26)20(41)34-15(10-36)23(44)32-12(5-16(27)37)21(42)30-7-18(39)29-8-19(40)31-14(9-35)22(43)33-13(24(45)46)6-17(28)38/h11-15,35-36H,1-10,25-26H2,(H2,27,37)(H2,28,38)(H,29,39)(H,30,42)(H,31,40)(H,32,44)(H,33,43)(H,34,41)(H,45,46)/t11-,12-,13-,14-,15-/m0/s1. The molecule has 0 rings (SSSR count). The second kappa shape index (κ2) is 21.7. The van der Waals surface area contributed by atoms with Gasteiger partial charge in [-0.2, -0.15) is 0 Å². The zero-order valence-electron chi connectivity index (χ0n) is 24.8. The van der Waals surface area contributed by atoms with E-state index < -0.39 is 123 Å². The lowest BCUT2D eigenvalue weighted by atomic mass is 10.1. The second-order valence-corrected chi connectivity index (χ2v) is 9.73. The SMILES string of the molecule is NCCCC[C@H](N)C(=O)N[C@@H](CO)C(=O)N[C@@H](CC(N)=O)C(=O)NCC(=O)NCC(=O)N[C@@H](CO)C(=O)N[C@@H](CC(N)=O)C(=O)O. The van der Waals surface area contributed by atoms with Gasteiger partial charge in [0, 0.05) is 0 Å². The number of aliphatic hydroxyl groups is 2. The molecule has 0 aromatic carbocycles. The van der Waals surface area contributed by atoms with Crippen molar-refractivity contribution in [2.75, 3.05) is 32.8 Å². The van der Waals surface area contributed by atoms with E-state index in [1.54, 1.807) is 0 Å². The van der Waals surface area contributed by atoms with Crippen molar-refractivity contribution in [2.45, 2.75) is 62.3 Å². The maximum atomic E-state index is 12.6. The van der Waals surface area contributed by atoms with Gasteiger partial charge in [-0.25, -0.2) is 4.79 Å². The Balaban J connectivity index is 5.02. The summed E-state index contributed by atoms with van der Waals surface area (Å²) in [5.41, 5.74) is 21.2. The van der Waals surface area contributed by atoms with E-state index in [0.717, 1.165) is 0 Å². The van der Waals surface area contributed by atoms with Gasteiger partial charge in [0.05, 0.1) is 45.2 Å². The third-order valence-corrected chi connectivity index (χ3v) is 5.88. The van der Waals surface area contributed by atoms with Gasteiger partial charge < -0.3 is 70.2 Å². The first kappa shape index (κ1) is 41.1. The molecule has 8 amide bonds. The number of carbonyl (C=O) groups excluding carboxylic acids is 8. The smallest absolute Gasteiger partial charge is 0.326 e. The average Bonchev–Trinajstić information content (AvgIpc) is 2.98. The topological polar surface area (TPSA) is 391 Å². The molecule has 0 saturated carbocycles. The Kier molecular flexibility index (Phi) is 19.4. The fraction of sp³-hybridized carbons (Fsp3) is 0.625. The highest BCUT2D eigenvalue weighted by Gasteiger charge is 2.30. The Hall–Kier alpha value is -4.93. The molecule has 22 heteroatoms. The van der Waals surface area contributed by atoms with Crippen LogP contribution in [-0.2, 0) is 43.2 Å². The molecule has 0 aliphatic carbocycles. The molecule has 0 unspecified atom stereocenters. The van der Waals surface area contributed by atoms with Gasteiger partial charge in [0.2, 0.25) is 47.3 Å². The molecule has 0 radical (unpaired) electrons. The number of unbranched alkanes of at least 4 members (excludes halogenated alkanes) is 1. The number of rotatable bonds is 23. The summed E-state index contributed by atoms with van der Waals surface area (Å²) < 4.78 is 0. The van der Waals surface area contributed by atoms with E-state index in [2.05, 4.69) is 21.3 Å². The molecule has 260 valence electrons. The van der Waals surface area contributed by atoms with Crippen molar-refractivity contribution in [1.82, 2.24) is 31.9 Å². The fourth-order valence-electron chi connectivity index (χ4n) is 3.44. The number of aliphatic hydroxyl groups excluding tert-OH is 2. The predicted octanol–water partition coefficient (Wildman–Crippen LogP) is -8.57. The summed E-state index contributed by atoms with van der Waals surface area (Å²) in [6.45, 7) is -3.06. The van der Waals surface area contributed by atoms with Gasteiger partial charge in [0.15, 0.2) is 0 Å². The Labute approximate surface area is 262 Å². The first-order chi connectivity index (χ1) is 21.6. The van der Waals surface area contributed by atoms with Gasteiger partial charge in [-0.15, -0.1) is 0 Å². The summed E-state index contributed by atoms with van der Waals surface area (Å²) >= 11 is 0. The number of carbonyl (C=O) groups is 9. The number of carboxylic acids is 1. The van der Waals surface area contributed by atoms with Crippen LogP contribution in [0.2, 0.25) is 0 Å². The van der Waals surface area contributed by atoms with Gasteiger partial charge in [-0.1, -0.05) is 6.42 Å². The van der Waals surface area contributed by atoms with Crippen molar-refractivity contribution < 1.29 is 58.5 Å². The highest BCUT2D eigenvalue weighted by Crippen LogP contribution is 2.00. The summed E-state index contributed by atoms with van der Waals surface area (Å²) in [5, 5.41) is 40.5. The molecule has 0 saturated heterocycles. The number of carboxylic acid groups (broad SMARTS) is 1. The van der Waals surface area contributed by atoms with Crippen molar-refractivity contribution in [3.05, 3.63) is 0 Å². The number of hydrogen-bond donors (Lipinski definition) is 13. The molecule has 5 atom stereocenters. The van der Waals surface area contributed by atoms with Crippen LogP contribution in [-0.4, -0.2) is 132 Å². The van der Waals surface area contributed by atoms with Crippen molar-refractivity contribution in [3.63, 3.8) is 0 Å². The molecule has 0 aliphatic rings. The molecule has 22 nitrogen and oxygen atoms in total. The molecule has 0 fully saturated rings. The zero-order valence-corrected chi connectivity index (χ0v) is 24.8. The van der Waals surface area contributed by atoms with Crippen LogP contribution in [0, 0.1) is 0 Å². The first-order valence-corrected chi connectivity index (χ1v) is 13.8. The van der Waals surface area contributed by atoms with Crippen LogP contribution in [0.4, 0.5) is 0 Å². The number of nitrogens with one attached hydrogen (secondary N) is 6. The van der Waals surface area contributed by atoms with Crippen molar-refractivity contribution in [3.8, 4) is 0 Å². The van der Waals surface area contributed by atoms with Gasteiger partial charge in [-0.05, 0) is 19.4 Å². The lowest BCUT2D eigenvalue weighted by Crippen LogP contribution is -2.58. The fourth-order valence-corrected chi connectivity index (χ4v) is 3.44. The normalized spacial score (nSPS) is 13.8. The van der Waals surface area contributed by atoms with E-state index >= 15 is 0 Å². The van der Waals surface area contributed by atoms with E-state index in [9.17, 15) is 53.4 Å². The zero-order chi connectivity index (χ0) is 35.4. The van der Waals surface area contributed by atoms with Crippen LogP contribution in [0.25, 0.3) is 0 Å². The largest absolute Gasteiger partial charge is 0.480 e. The van der Waals surface area contributed by atoms with Gasteiger partial charge in [0.1, 0.15) is 24.2 Å². The maximum Gasteiger partial charge on any atom is 0.326 e. The van der Waals surface area contributed by atoms with Crippen molar-refractivity contribution >= 4 is 53.2 Å². The van der Waals surface area contributed by atoms with Gasteiger partial charge >= 0.3 is 5.97 Å². The molecule has 46 heavy (non-hydrogen) atoms. The average molecular weight is 663 g/mol. The lowest BCUT2D eigenvalue weighted by molar-refractivity contribution is -0.144. The molecule has 0 aromatic heterocycles. The number of amides is 8. The Bertz CT molecular complexity index is 1120. The number of primary amides is 2. The Morgan fingerprint density at radius 1 is 0.587 bits per heavy atom. The molecular weight excluding hydrogens is 620 g/mol. The highest BCUT2D eigenvalue weighted by atomic mass is 16.4. The van der Waals surface area contributed by atoms with Crippen LogP contribution >= 0.6 is 0 Å². The van der Waals surface area contributed by atoms with Crippen molar-refractivity contribution in [2.24, 2.45) is 22.9 Å². The third kappa shape index (κ3) is 16.8. The summed E-state index contributed by atoms with van der Waals surface area (Å²) in [4.78, 5) is 108. The minimum atomic E-state index is -1.73. The van der Waals surface area contributed by atoms with Gasteiger partial charge in [-0.3, -0.25) is 38.4 Å². The predicted molar refractivity (Wildman–Crippen MR) is 154 cm³/mol. The quantitative estimate of drug-likeness (QED) is 0.0452.